The van der Waals surface area contributed by atoms with Crippen LogP contribution in [0.15, 0.2) is 0 Å². The van der Waals surface area contributed by atoms with E-state index in [0.29, 0.717) is 13.2 Å². The highest BCUT2D eigenvalue weighted by molar-refractivity contribution is 4.89. The van der Waals surface area contributed by atoms with Gasteiger partial charge in [-0.1, -0.05) is 0 Å². The van der Waals surface area contributed by atoms with E-state index in [1.165, 1.54) is 0 Å². The van der Waals surface area contributed by atoms with Crippen LogP contribution in [0.3, 0.4) is 0 Å². The summed E-state index contributed by atoms with van der Waals surface area (Å²) in [5.41, 5.74) is 0. The van der Waals surface area contributed by atoms with Crippen LogP contribution in [0, 0.1) is 0 Å². The number of rotatable bonds is 4. The van der Waals surface area contributed by atoms with Crippen LogP contribution < -0.4 is 5.32 Å². The van der Waals surface area contributed by atoms with Crippen molar-refractivity contribution in [1.82, 2.24) is 5.32 Å². The fraction of sp³-hybridized carbons (Fsp3) is 1.00. The summed E-state index contributed by atoms with van der Waals surface area (Å²) >= 11 is 0. The molecule has 0 aromatic carbocycles. The molecule has 0 radical (unpaired) electrons. The molecule has 0 aliphatic carbocycles. The first-order valence-corrected chi connectivity index (χ1v) is 5.84. The molecule has 2 aliphatic rings. The predicted octanol–water partition coefficient (Wildman–Crippen LogP) is 0.143. The summed E-state index contributed by atoms with van der Waals surface area (Å²) in [6, 6.07) is 0. The molecule has 2 saturated heterocycles. The van der Waals surface area contributed by atoms with Crippen LogP contribution >= 0.6 is 0 Å². The second kappa shape index (κ2) is 5.42. The third-order valence-corrected chi connectivity index (χ3v) is 3.17. The summed E-state index contributed by atoms with van der Waals surface area (Å²) in [5.74, 6) is -0.405. The van der Waals surface area contributed by atoms with Gasteiger partial charge in [0, 0.05) is 40.2 Å². The van der Waals surface area contributed by atoms with Crippen LogP contribution in [0.4, 0.5) is 0 Å². The zero-order valence-corrected chi connectivity index (χ0v) is 10.0. The summed E-state index contributed by atoms with van der Waals surface area (Å²) in [5, 5.41) is 3.31. The lowest BCUT2D eigenvalue weighted by Gasteiger charge is -2.32. The van der Waals surface area contributed by atoms with E-state index in [0.717, 1.165) is 25.9 Å². The minimum Gasteiger partial charge on any atom is -0.382 e. The van der Waals surface area contributed by atoms with Crippen molar-refractivity contribution in [3.63, 3.8) is 0 Å². The van der Waals surface area contributed by atoms with Crippen molar-refractivity contribution in [2.75, 3.05) is 40.5 Å². The highest BCUT2D eigenvalue weighted by Crippen LogP contribution is 2.35. The van der Waals surface area contributed by atoms with Crippen LogP contribution in [0.5, 0.6) is 0 Å². The van der Waals surface area contributed by atoms with Crippen molar-refractivity contribution in [2.45, 2.75) is 30.8 Å². The molecule has 1 spiro atoms. The van der Waals surface area contributed by atoms with Gasteiger partial charge in [0.15, 0.2) is 5.79 Å². The molecule has 2 aliphatic heterocycles. The standard InChI is InChI=1S/C11H21NO4/c1-13-7-9-10(8-14-2)16-11(15-9)3-5-12-6-4-11/h9-10,12H,3-8H2,1-2H3/t9-,10-/m1/s1. The second-order valence-corrected chi connectivity index (χ2v) is 4.38. The average Bonchev–Trinajstić information content (AvgIpc) is 2.59. The first kappa shape index (κ1) is 12.3. The van der Waals surface area contributed by atoms with Gasteiger partial charge in [0.1, 0.15) is 12.2 Å². The Morgan fingerprint density at radius 1 is 1.06 bits per heavy atom. The molecular formula is C11H21NO4. The van der Waals surface area contributed by atoms with Gasteiger partial charge in [0.05, 0.1) is 13.2 Å². The number of hydrogen-bond acceptors (Lipinski definition) is 5. The van der Waals surface area contributed by atoms with Gasteiger partial charge in [-0.15, -0.1) is 0 Å². The smallest absolute Gasteiger partial charge is 0.171 e. The van der Waals surface area contributed by atoms with Gasteiger partial charge in [-0.2, -0.15) is 0 Å². The maximum absolute atomic E-state index is 6.03. The SMILES string of the molecule is COC[C@H]1OC2(CCNCC2)O[C@@H]1COC. The van der Waals surface area contributed by atoms with E-state index >= 15 is 0 Å². The van der Waals surface area contributed by atoms with E-state index in [9.17, 15) is 0 Å². The van der Waals surface area contributed by atoms with Gasteiger partial charge >= 0.3 is 0 Å². The molecule has 2 atom stereocenters. The summed E-state index contributed by atoms with van der Waals surface area (Å²) < 4.78 is 22.4. The Morgan fingerprint density at radius 2 is 1.56 bits per heavy atom. The molecule has 2 fully saturated rings. The van der Waals surface area contributed by atoms with E-state index in [1.54, 1.807) is 14.2 Å². The van der Waals surface area contributed by atoms with Gasteiger partial charge in [0.25, 0.3) is 0 Å². The molecule has 1 N–H and O–H groups in total. The van der Waals surface area contributed by atoms with Gasteiger partial charge < -0.3 is 24.3 Å². The summed E-state index contributed by atoms with van der Waals surface area (Å²) in [7, 11) is 3.36. The van der Waals surface area contributed by atoms with Crippen molar-refractivity contribution in [3.8, 4) is 0 Å². The van der Waals surface area contributed by atoms with E-state index in [-0.39, 0.29) is 12.2 Å². The molecule has 0 bridgehead atoms. The Bertz CT molecular complexity index is 202. The molecule has 16 heavy (non-hydrogen) atoms. The maximum atomic E-state index is 6.03. The molecule has 2 rings (SSSR count). The van der Waals surface area contributed by atoms with E-state index < -0.39 is 5.79 Å². The van der Waals surface area contributed by atoms with Gasteiger partial charge in [-0.25, -0.2) is 0 Å². The maximum Gasteiger partial charge on any atom is 0.171 e. The van der Waals surface area contributed by atoms with E-state index in [2.05, 4.69) is 5.32 Å². The highest BCUT2D eigenvalue weighted by atomic mass is 16.8. The predicted molar refractivity (Wildman–Crippen MR) is 58.3 cm³/mol. The van der Waals surface area contributed by atoms with Crippen molar-refractivity contribution < 1.29 is 18.9 Å². The molecule has 0 saturated carbocycles. The molecular weight excluding hydrogens is 210 g/mol. The van der Waals surface area contributed by atoms with E-state index in [1.807, 2.05) is 0 Å². The Labute approximate surface area is 96.4 Å². The minimum absolute atomic E-state index is 0.0111. The fourth-order valence-corrected chi connectivity index (χ4v) is 2.39. The molecule has 5 nitrogen and oxygen atoms in total. The second-order valence-electron chi connectivity index (χ2n) is 4.38. The van der Waals surface area contributed by atoms with Crippen LogP contribution in [0.2, 0.25) is 0 Å². The Kier molecular flexibility index (Phi) is 4.16. The van der Waals surface area contributed by atoms with Crippen molar-refractivity contribution >= 4 is 0 Å². The number of piperidine rings is 1. The molecule has 0 amide bonds. The lowest BCUT2D eigenvalue weighted by Crippen LogP contribution is -2.43. The molecule has 94 valence electrons. The lowest BCUT2D eigenvalue weighted by molar-refractivity contribution is -0.194. The number of nitrogens with one attached hydrogen (secondary N) is 1. The normalized spacial score (nSPS) is 33.4. The molecule has 2 heterocycles. The monoisotopic (exact) mass is 231 g/mol. The summed E-state index contributed by atoms with van der Waals surface area (Å²) in [4.78, 5) is 0. The fourth-order valence-electron chi connectivity index (χ4n) is 2.39. The van der Waals surface area contributed by atoms with E-state index in [4.69, 9.17) is 18.9 Å². The Hall–Kier alpha value is -0.200. The average molecular weight is 231 g/mol. The lowest BCUT2D eigenvalue weighted by atomic mass is 10.1. The molecule has 0 unspecified atom stereocenters. The Morgan fingerprint density at radius 3 is 2.00 bits per heavy atom. The number of ether oxygens (including phenoxy) is 4. The van der Waals surface area contributed by atoms with Crippen LogP contribution in [-0.2, 0) is 18.9 Å². The van der Waals surface area contributed by atoms with Crippen molar-refractivity contribution in [3.05, 3.63) is 0 Å². The zero-order chi connectivity index (χ0) is 11.4. The summed E-state index contributed by atoms with van der Waals surface area (Å²) in [6.07, 6.45) is 1.77. The van der Waals surface area contributed by atoms with Crippen LogP contribution in [0.1, 0.15) is 12.8 Å². The first-order chi connectivity index (χ1) is 7.79. The molecule has 0 aromatic heterocycles. The number of methoxy groups -OCH3 is 2. The third kappa shape index (κ3) is 2.55. The Balaban J connectivity index is 1.97. The molecule has 0 aromatic rings. The highest BCUT2D eigenvalue weighted by Gasteiger charge is 2.47. The number of hydrogen-bond donors (Lipinski definition) is 1. The van der Waals surface area contributed by atoms with Crippen LogP contribution in [0.25, 0.3) is 0 Å². The molecule has 5 heteroatoms. The summed E-state index contributed by atoms with van der Waals surface area (Å²) in [6.45, 7) is 3.01. The zero-order valence-electron chi connectivity index (χ0n) is 10.0. The minimum atomic E-state index is -0.405. The van der Waals surface area contributed by atoms with Crippen LogP contribution in [-0.4, -0.2) is 58.5 Å². The first-order valence-electron chi connectivity index (χ1n) is 5.84. The third-order valence-electron chi connectivity index (χ3n) is 3.17. The topological polar surface area (TPSA) is 49.0 Å². The van der Waals surface area contributed by atoms with Gasteiger partial charge in [0.2, 0.25) is 0 Å². The van der Waals surface area contributed by atoms with Crippen molar-refractivity contribution in [1.29, 1.82) is 0 Å². The largest absolute Gasteiger partial charge is 0.382 e. The van der Waals surface area contributed by atoms with Gasteiger partial charge in [-0.05, 0) is 0 Å². The van der Waals surface area contributed by atoms with Crippen molar-refractivity contribution in [2.24, 2.45) is 0 Å². The van der Waals surface area contributed by atoms with Gasteiger partial charge in [-0.3, -0.25) is 0 Å². The quantitative estimate of drug-likeness (QED) is 0.746.